The molecule has 0 atom stereocenters. The number of hydrogen-bond acceptors (Lipinski definition) is 3. The van der Waals surface area contributed by atoms with Gasteiger partial charge in [0.2, 0.25) is 0 Å². The van der Waals surface area contributed by atoms with E-state index in [2.05, 4.69) is 164 Å². The summed E-state index contributed by atoms with van der Waals surface area (Å²) < 4.78 is 2.65. The minimum Gasteiger partial charge on any atom is -0.252 e. The molecule has 0 spiro atoms. The molecule has 0 aliphatic carbocycles. The Morgan fingerprint density at radius 3 is 1.61 bits per heavy atom. The van der Waals surface area contributed by atoms with E-state index < -0.39 is 0 Å². The molecule has 3 heteroatoms. The first-order valence-electron chi connectivity index (χ1n) is 16.6. The summed E-state index contributed by atoms with van der Waals surface area (Å²) in [4.78, 5) is 10.4. The van der Waals surface area contributed by atoms with Crippen molar-refractivity contribution in [3.63, 3.8) is 0 Å². The van der Waals surface area contributed by atoms with Gasteiger partial charge in [-0.3, -0.25) is 4.98 Å². The normalized spacial score (nSPS) is 11.7. The maximum absolute atomic E-state index is 5.33. The molecule has 0 amide bonds. The fourth-order valence-corrected chi connectivity index (χ4v) is 8.72. The minimum absolute atomic E-state index is 0.866. The highest BCUT2D eigenvalue weighted by Crippen LogP contribution is 2.43. The summed E-state index contributed by atoms with van der Waals surface area (Å²) in [6, 6.07) is 58.7. The van der Waals surface area contributed by atoms with Gasteiger partial charge in [0, 0.05) is 42.1 Å². The standard InChI is InChI=1S/C46H28N2S/c1-3-17-33(40-24-12-25-41-37-21-9-10-26-43(37)49-46(40)41)31(15-1)29-13-11-14-30(27-29)32-16-2-6-20-36(32)42-28-47-44-38-22-7-4-18-34(38)35-19-5-8-23-39(35)45(44)48-42/h1-28H. The highest BCUT2D eigenvalue weighted by molar-refractivity contribution is 7.26. The Bertz CT molecular complexity index is 2870. The van der Waals surface area contributed by atoms with Gasteiger partial charge in [0.05, 0.1) is 22.9 Å². The molecule has 10 aromatic rings. The maximum atomic E-state index is 5.33. The highest BCUT2D eigenvalue weighted by Gasteiger charge is 2.17. The largest absolute Gasteiger partial charge is 0.252 e. The lowest BCUT2D eigenvalue weighted by molar-refractivity contribution is 1.31. The third kappa shape index (κ3) is 4.47. The third-order valence-corrected chi connectivity index (χ3v) is 11.0. The average Bonchev–Trinajstić information content (AvgIpc) is 3.57. The van der Waals surface area contributed by atoms with Crippen LogP contribution in [-0.2, 0) is 0 Å². The molecule has 0 unspecified atom stereocenters. The van der Waals surface area contributed by atoms with Gasteiger partial charge in [-0.05, 0) is 50.7 Å². The number of aromatic nitrogens is 2. The summed E-state index contributed by atoms with van der Waals surface area (Å²) in [5.74, 6) is 0. The summed E-state index contributed by atoms with van der Waals surface area (Å²) in [6.07, 6.45) is 1.94. The maximum Gasteiger partial charge on any atom is 0.0979 e. The van der Waals surface area contributed by atoms with Crippen LogP contribution in [-0.4, -0.2) is 9.97 Å². The summed E-state index contributed by atoms with van der Waals surface area (Å²) in [6.45, 7) is 0. The van der Waals surface area contributed by atoms with Gasteiger partial charge in [-0.15, -0.1) is 11.3 Å². The Morgan fingerprint density at radius 2 is 0.878 bits per heavy atom. The van der Waals surface area contributed by atoms with Gasteiger partial charge in [0.1, 0.15) is 0 Å². The topological polar surface area (TPSA) is 25.8 Å². The quantitative estimate of drug-likeness (QED) is 0.179. The molecule has 0 radical (unpaired) electrons. The van der Waals surface area contributed by atoms with Gasteiger partial charge in [0.15, 0.2) is 0 Å². The van der Waals surface area contributed by atoms with Crippen LogP contribution in [0.15, 0.2) is 170 Å². The zero-order valence-electron chi connectivity index (χ0n) is 26.5. The lowest BCUT2D eigenvalue weighted by Gasteiger charge is -2.15. The monoisotopic (exact) mass is 640 g/mol. The lowest BCUT2D eigenvalue weighted by atomic mass is 9.91. The molecule has 10 rings (SSSR count). The molecule has 2 nitrogen and oxygen atoms in total. The second kappa shape index (κ2) is 11.2. The second-order valence-corrected chi connectivity index (χ2v) is 13.5. The number of rotatable bonds is 4. The Kier molecular flexibility index (Phi) is 6.39. The van der Waals surface area contributed by atoms with Crippen molar-refractivity contribution in [3.05, 3.63) is 170 Å². The van der Waals surface area contributed by atoms with Crippen molar-refractivity contribution in [1.29, 1.82) is 0 Å². The van der Waals surface area contributed by atoms with E-state index in [9.17, 15) is 0 Å². The molecule has 228 valence electrons. The van der Waals surface area contributed by atoms with Gasteiger partial charge in [-0.2, -0.15) is 0 Å². The van der Waals surface area contributed by atoms with Crippen LogP contribution in [0.5, 0.6) is 0 Å². The van der Waals surface area contributed by atoms with Crippen molar-refractivity contribution >= 4 is 64.1 Å². The number of fused-ring (bicyclic) bond motifs is 9. The fourth-order valence-electron chi connectivity index (χ4n) is 7.49. The van der Waals surface area contributed by atoms with Crippen LogP contribution >= 0.6 is 11.3 Å². The Hall–Kier alpha value is -6.16. The van der Waals surface area contributed by atoms with Gasteiger partial charge in [-0.1, -0.05) is 152 Å². The summed E-state index contributed by atoms with van der Waals surface area (Å²) in [5, 5.41) is 7.28. The van der Waals surface area contributed by atoms with Crippen LogP contribution in [0.25, 0.3) is 97.4 Å². The molecule has 0 N–H and O–H groups in total. The van der Waals surface area contributed by atoms with Crippen molar-refractivity contribution in [2.24, 2.45) is 0 Å². The van der Waals surface area contributed by atoms with Crippen LogP contribution in [0.1, 0.15) is 0 Å². The minimum atomic E-state index is 0.866. The first kappa shape index (κ1) is 27.9. The lowest BCUT2D eigenvalue weighted by Crippen LogP contribution is -1.94. The van der Waals surface area contributed by atoms with Crippen LogP contribution in [0.2, 0.25) is 0 Å². The molecule has 0 aliphatic rings. The van der Waals surface area contributed by atoms with Crippen LogP contribution < -0.4 is 0 Å². The predicted molar refractivity (Wildman–Crippen MR) is 209 cm³/mol. The van der Waals surface area contributed by atoms with E-state index in [0.29, 0.717) is 0 Å². The van der Waals surface area contributed by atoms with Gasteiger partial charge < -0.3 is 0 Å². The van der Waals surface area contributed by atoms with E-state index in [1.165, 1.54) is 53.2 Å². The molecular formula is C46H28N2S. The SMILES string of the molecule is c1cc(-c2ccccc2-c2cnc3c4ccccc4c4ccccc4c3n2)cc(-c2ccccc2-c2cccc3c2sc2ccccc23)c1. The predicted octanol–water partition coefficient (Wildman–Crippen LogP) is 13.0. The van der Waals surface area contributed by atoms with E-state index in [0.717, 1.165) is 44.2 Å². The zero-order chi connectivity index (χ0) is 32.3. The fraction of sp³-hybridized carbons (Fsp3) is 0. The summed E-state index contributed by atoms with van der Waals surface area (Å²) >= 11 is 1.88. The summed E-state index contributed by atoms with van der Waals surface area (Å²) in [5.41, 5.74) is 11.0. The molecule has 0 saturated carbocycles. The molecule has 0 saturated heterocycles. The number of nitrogens with zero attached hydrogens (tertiary/aromatic N) is 2. The number of benzene rings is 8. The Labute approximate surface area is 287 Å². The molecule has 8 aromatic carbocycles. The molecular weight excluding hydrogens is 613 g/mol. The molecule has 49 heavy (non-hydrogen) atoms. The first-order chi connectivity index (χ1) is 24.3. The van der Waals surface area contributed by atoms with Crippen molar-refractivity contribution < 1.29 is 0 Å². The van der Waals surface area contributed by atoms with E-state index in [1.807, 2.05) is 17.5 Å². The van der Waals surface area contributed by atoms with Crippen LogP contribution in [0.3, 0.4) is 0 Å². The molecule has 0 bridgehead atoms. The van der Waals surface area contributed by atoms with E-state index in [4.69, 9.17) is 9.97 Å². The first-order valence-corrected chi connectivity index (χ1v) is 17.4. The zero-order valence-corrected chi connectivity index (χ0v) is 27.3. The Morgan fingerprint density at radius 1 is 0.367 bits per heavy atom. The molecule has 2 heterocycles. The van der Waals surface area contributed by atoms with Gasteiger partial charge in [-0.25, -0.2) is 4.98 Å². The van der Waals surface area contributed by atoms with Crippen molar-refractivity contribution in [2.75, 3.05) is 0 Å². The van der Waals surface area contributed by atoms with Crippen molar-refractivity contribution in [2.45, 2.75) is 0 Å². The second-order valence-electron chi connectivity index (χ2n) is 12.5. The van der Waals surface area contributed by atoms with Crippen LogP contribution in [0, 0.1) is 0 Å². The van der Waals surface area contributed by atoms with Crippen molar-refractivity contribution in [3.8, 4) is 44.6 Å². The van der Waals surface area contributed by atoms with Gasteiger partial charge >= 0.3 is 0 Å². The smallest absolute Gasteiger partial charge is 0.0979 e. The Balaban J connectivity index is 1.12. The van der Waals surface area contributed by atoms with E-state index in [-0.39, 0.29) is 0 Å². The number of thiophene rings is 1. The average molecular weight is 641 g/mol. The molecule has 0 fully saturated rings. The summed E-state index contributed by atoms with van der Waals surface area (Å²) in [7, 11) is 0. The third-order valence-electron chi connectivity index (χ3n) is 9.74. The highest BCUT2D eigenvalue weighted by atomic mass is 32.1. The van der Waals surface area contributed by atoms with Crippen LogP contribution in [0.4, 0.5) is 0 Å². The van der Waals surface area contributed by atoms with Gasteiger partial charge in [0.25, 0.3) is 0 Å². The molecule has 0 aliphatic heterocycles. The number of hydrogen-bond donors (Lipinski definition) is 0. The van der Waals surface area contributed by atoms with E-state index >= 15 is 0 Å². The van der Waals surface area contributed by atoms with E-state index in [1.54, 1.807) is 0 Å². The van der Waals surface area contributed by atoms with Crippen molar-refractivity contribution in [1.82, 2.24) is 9.97 Å². The molecule has 2 aromatic heterocycles.